The summed E-state index contributed by atoms with van der Waals surface area (Å²) in [5.41, 5.74) is 7.16. The van der Waals surface area contributed by atoms with Crippen molar-refractivity contribution in [3.63, 3.8) is 0 Å². The molecule has 0 aliphatic carbocycles. The molecule has 3 aromatic carbocycles. The standard InChI is InChI=1S/C30H29N3O7/c1-4-37-27-15-19(9-12-25(27)38-14-13-18(2)3)28-22-11-10-20(16-26(22)40-29(32)23(28)17-31)39-30(34)21-7-5-6-8-24(21)33(35)36/h5-12,15-16,18,28H,4,13-14,32H2,1-3H3. The van der Waals surface area contributed by atoms with Gasteiger partial charge in [0.25, 0.3) is 5.69 Å². The predicted molar refractivity (Wildman–Crippen MR) is 146 cm³/mol. The topological polar surface area (TPSA) is 147 Å². The molecule has 0 saturated heterocycles. The zero-order valence-electron chi connectivity index (χ0n) is 22.4. The van der Waals surface area contributed by atoms with Crippen molar-refractivity contribution in [2.24, 2.45) is 11.7 Å². The van der Waals surface area contributed by atoms with Crippen LogP contribution in [-0.4, -0.2) is 24.1 Å². The van der Waals surface area contributed by atoms with Crippen LogP contribution in [0.1, 0.15) is 54.6 Å². The number of nitro benzene ring substituents is 1. The molecule has 0 bridgehead atoms. The van der Waals surface area contributed by atoms with Crippen molar-refractivity contribution in [1.29, 1.82) is 5.26 Å². The fourth-order valence-corrected chi connectivity index (χ4v) is 4.31. The van der Waals surface area contributed by atoms with Crippen LogP contribution >= 0.6 is 0 Å². The monoisotopic (exact) mass is 543 g/mol. The van der Waals surface area contributed by atoms with Gasteiger partial charge >= 0.3 is 5.97 Å². The maximum atomic E-state index is 12.7. The molecule has 1 heterocycles. The number of nitriles is 1. The normalized spacial score (nSPS) is 14.1. The Kier molecular flexibility index (Phi) is 8.54. The zero-order chi connectivity index (χ0) is 28.8. The van der Waals surface area contributed by atoms with E-state index in [1.807, 2.05) is 25.1 Å². The van der Waals surface area contributed by atoms with E-state index in [1.165, 1.54) is 36.4 Å². The third-order valence-electron chi connectivity index (χ3n) is 6.28. The number of rotatable bonds is 10. The van der Waals surface area contributed by atoms with Gasteiger partial charge < -0.3 is 24.7 Å². The maximum Gasteiger partial charge on any atom is 0.350 e. The van der Waals surface area contributed by atoms with Gasteiger partial charge in [0.2, 0.25) is 5.88 Å². The molecule has 0 aromatic heterocycles. The Morgan fingerprint density at radius 2 is 1.90 bits per heavy atom. The molecular weight excluding hydrogens is 514 g/mol. The number of hydrogen-bond donors (Lipinski definition) is 1. The molecule has 0 amide bonds. The van der Waals surface area contributed by atoms with Crippen LogP contribution in [-0.2, 0) is 0 Å². The number of fused-ring (bicyclic) bond motifs is 1. The highest BCUT2D eigenvalue weighted by molar-refractivity contribution is 5.95. The number of esters is 1. The first kappa shape index (κ1) is 28.0. The highest BCUT2D eigenvalue weighted by Gasteiger charge is 2.32. The van der Waals surface area contributed by atoms with Crippen molar-refractivity contribution in [2.75, 3.05) is 13.2 Å². The van der Waals surface area contributed by atoms with Crippen molar-refractivity contribution in [3.8, 4) is 29.1 Å². The summed E-state index contributed by atoms with van der Waals surface area (Å²) in [7, 11) is 0. The Labute approximate surface area is 231 Å². The van der Waals surface area contributed by atoms with E-state index in [-0.39, 0.29) is 34.2 Å². The number of ether oxygens (including phenoxy) is 4. The number of nitrogens with zero attached hydrogens (tertiary/aromatic N) is 2. The fourth-order valence-electron chi connectivity index (χ4n) is 4.31. The molecule has 4 rings (SSSR count). The Hall–Kier alpha value is -5.04. The Morgan fingerprint density at radius 3 is 2.60 bits per heavy atom. The first-order valence-electron chi connectivity index (χ1n) is 12.8. The zero-order valence-corrected chi connectivity index (χ0v) is 22.4. The van der Waals surface area contributed by atoms with Gasteiger partial charge in [0, 0.05) is 17.7 Å². The highest BCUT2D eigenvalue weighted by Crippen LogP contribution is 2.45. The molecule has 10 heteroatoms. The molecule has 0 fully saturated rings. The van der Waals surface area contributed by atoms with Gasteiger partial charge in [-0.2, -0.15) is 5.26 Å². The van der Waals surface area contributed by atoms with E-state index in [2.05, 4.69) is 19.9 Å². The smallest absolute Gasteiger partial charge is 0.350 e. The van der Waals surface area contributed by atoms with Crippen LogP contribution in [0.2, 0.25) is 0 Å². The van der Waals surface area contributed by atoms with E-state index in [9.17, 15) is 20.2 Å². The van der Waals surface area contributed by atoms with Gasteiger partial charge in [0.15, 0.2) is 11.5 Å². The van der Waals surface area contributed by atoms with Gasteiger partial charge in [0.1, 0.15) is 28.7 Å². The van der Waals surface area contributed by atoms with E-state index in [0.29, 0.717) is 36.2 Å². The van der Waals surface area contributed by atoms with Gasteiger partial charge in [-0.25, -0.2) is 4.79 Å². The number of benzene rings is 3. The van der Waals surface area contributed by atoms with E-state index in [1.54, 1.807) is 6.07 Å². The second-order valence-electron chi connectivity index (χ2n) is 9.46. The summed E-state index contributed by atoms with van der Waals surface area (Å²) in [6, 6.07) is 17.8. The minimum Gasteiger partial charge on any atom is -0.490 e. The summed E-state index contributed by atoms with van der Waals surface area (Å²) in [4.78, 5) is 23.4. The lowest BCUT2D eigenvalue weighted by molar-refractivity contribution is -0.385. The molecule has 10 nitrogen and oxygen atoms in total. The third kappa shape index (κ3) is 5.99. The fraction of sp³-hybridized carbons (Fsp3) is 0.267. The van der Waals surface area contributed by atoms with Crippen molar-refractivity contribution >= 4 is 11.7 Å². The molecule has 0 saturated carbocycles. The van der Waals surface area contributed by atoms with Crippen LogP contribution in [0.3, 0.4) is 0 Å². The van der Waals surface area contributed by atoms with E-state index < -0.39 is 16.8 Å². The van der Waals surface area contributed by atoms with Crippen molar-refractivity contribution in [1.82, 2.24) is 0 Å². The molecule has 1 aliphatic heterocycles. The number of allylic oxidation sites excluding steroid dienone is 1. The molecule has 206 valence electrons. The Balaban J connectivity index is 1.67. The van der Waals surface area contributed by atoms with Crippen LogP contribution in [0.25, 0.3) is 0 Å². The predicted octanol–water partition coefficient (Wildman–Crippen LogP) is 5.86. The summed E-state index contributed by atoms with van der Waals surface area (Å²) in [5.74, 6) is 0.452. The highest BCUT2D eigenvalue weighted by atomic mass is 16.6. The van der Waals surface area contributed by atoms with Gasteiger partial charge in [0.05, 0.1) is 24.1 Å². The second kappa shape index (κ2) is 12.2. The average Bonchev–Trinajstić information content (AvgIpc) is 2.93. The number of para-hydroxylation sites is 1. The molecule has 1 aliphatic rings. The minimum absolute atomic E-state index is 0.0857. The van der Waals surface area contributed by atoms with Gasteiger partial charge in [-0.05, 0) is 49.1 Å². The van der Waals surface area contributed by atoms with Gasteiger partial charge in [-0.3, -0.25) is 10.1 Å². The Morgan fingerprint density at radius 1 is 1.12 bits per heavy atom. The van der Waals surface area contributed by atoms with Crippen LogP contribution in [0, 0.1) is 27.4 Å². The van der Waals surface area contributed by atoms with Crippen molar-refractivity contribution in [2.45, 2.75) is 33.1 Å². The molecule has 3 aromatic rings. The van der Waals surface area contributed by atoms with Crippen LogP contribution in [0.15, 0.2) is 72.1 Å². The second-order valence-corrected chi connectivity index (χ2v) is 9.46. The molecule has 2 N–H and O–H groups in total. The maximum absolute atomic E-state index is 12.7. The summed E-state index contributed by atoms with van der Waals surface area (Å²) < 4.78 is 23.0. The lowest BCUT2D eigenvalue weighted by Crippen LogP contribution is -2.21. The van der Waals surface area contributed by atoms with Crippen LogP contribution in [0.5, 0.6) is 23.0 Å². The number of nitro groups is 1. The van der Waals surface area contributed by atoms with E-state index in [0.717, 1.165) is 12.0 Å². The molecule has 0 radical (unpaired) electrons. The molecule has 1 atom stereocenters. The summed E-state index contributed by atoms with van der Waals surface area (Å²) in [6.07, 6.45) is 0.892. The van der Waals surface area contributed by atoms with E-state index >= 15 is 0 Å². The van der Waals surface area contributed by atoms with Crippen molar-refractivity contribution < 1.29 is 28.7 Å². The summed E-state index contributed by atoms with van der Waals surface area (Å²) in [5, 5.41) is 21.3. The van der Waals surface area contributed by atoms with Crippen LogP contribution in [0.4, 0.5) is 5.69 Å². The summed E-state index contributed by atoms with van der Waals surface area (Å²) in [6.45, 7) is 7.08. The number of hydrogen-bond acceptors (Lipinski definition) is 9. The number of carbonyl (C=O) groups is 1. The van der Waals surface area contributed by atoms with Crippen molar-refractivity contribution in [3.05, 3.63) is 98.9 Å². The molecule has 40 heavy (non-hydrogen) atoms. The lowest BCUT2D eigenvalue weighted by Gasteiger charge is -2.27. The SMILES string of the molecule is CCOc1cc(C2C(C#N)=C(N)Oc3cc(OC(=O)c4ccccc4[N+](=O)[O-])ccc32)ccc1OCCC(C)C. The van der Waals surface area contributed by atoms with Crippen LogP contribution < -0.4 is 24.7 Å². The number of nitrogens with two attached hydrogens (primary N) is 1. The largest absolute Gasteiger partial charge is 0.490 e. The molecule has 1 unspecified atom stereocenters. The quantitative estimate of drug-likeness (QED) is 0.144. The van der Waals surface area contributed by atoms with Gasteiger partial charge in [-0.1, -0.05) is 38.1 Å². The van der Waals surface area contributed by atoms with Gasteiger partial charge in [-0.15, -0.1) is 0 Å². The summed E-state index contributed by atoms with van der Waals surface area (Å²) >= 11 is 0. The number of carbonyl (C=O) groups excluding carboxylic acids is 1. The lowest BCUT2D eigenvalue weighted by atomic mass is 9.83. The van der Waals surface area contributed by atoms with E-state index in [4.69, 9.17) is 24.7 Å². The average molecular weight is 544 g/mol. The molecule has 0 spiro atoms. The Bertz CT molecular complexity index is 1510. The minimum atomic E-state index is -0.893. The molecular formula is C30H29N3O7. The third-order valence-corrected chi connectivity index (χ3v) is 6.28. The first-order chi connectivity index (χ1) is 19.2. The first-order valence-corrected chi connectivity index (χ1v) is 12.8.